The van der Waals surface area contributed by atoms with Crippen molar-refractivity contribution in [2.75, 3.05) is 23.0 Å². The van der Waals surface area contributed by atoms with Crippen molar-refractivity contribution in [3.8, 4) is 5.75 Å². The number of ether oxygens (including phenoxy) is 1. The summed E-state index contributed by atoms with van der Waals surface area (Å²) in [4.78, 5) is 23.1. The highest BCUT2D eigenvalue weighted by Gasteiger charge is 2.22. The average Bonchev–Trinajstić information content (AvgIpc) is 2.79. The average molecular weight is 524 g/mol. The van der Waals surface area contributed by atoms with Gasteiger partial charge in [0.1, 0.15) is 5.75 Å². The number of hydrogen-bond donors (Lipinski definition) is 1. The molecular formula is C22H19Cl2N3O6S. The highest BCUT2D eigenvalue weighted by Crippen LogP contribution is 2.34. The number of amides is 1. The van der Waals surface area contributed by atoms with Crippen molar-refractivity contribution in [1.82, 2.24) is 0 Å². The maximum absolute atomic E-state index is 12.7. The number of sulfonamides is 1. The Bertz CT molecular complexity index is 1350. The SMILES string of the molecule is COc1ccc([N+](=O)[O-])cc1NC(=O)c1ccc(CN(c2cccc(Cl)c2Cl)S(C)(=O)=O)cc1. The van der Waals surface area contributed by atoms with E-state index in [0.717, 1.165) is 10.6 Å². The maximum Gasteiger partial charge on any atom is 0.271 e. The minimum absolute atomic E-state index is 0.0422. The summed E-state index contributed by atoms with van der Waals surface area (Å²) < 4.78 is 31.1. The van der Waals surface area contributed by atoms with Crippen LogP contribution in [0.25, 0.3) is 0 Å². The predicted octanol–water partition coefficient (Wildman–Crippen LogP) is 5.13. The summed E-state index contributed by atoms with van der Waals surface area (Å²) in [6, 6.07) is 14.7. The minimum atomic E-state index is -3.70. The van der Waals surface area contributed by atoms with E-state index < -0.39 is 20.9 Å². The van der Waals surface area contributed by atoms with Gasteiger partial charge >= 0.3 is 0 Å². The van der Waals surface area contributed by atoms with Gasteiger partial charge in [-0.3, -0.25) is 19.2 Å². The van der Waals surface area contributed by atoms with E-state index in [1.807, 2.05) is 0 Å². The maximum atomic E-state index is 12.7. The molecule has 0 aliphatic heterocycles. The molecule has 0 spiro atoms. The summed E-state index contributed by atoms with van der Waals surface area (Å²) >= 11 is 12.3. The Hall–Kier alpha value is -3.34. The zero-order valence-corrected chi connectivity index (χ0v) is 20.3. The lowest BCUT2D eigenvalue weighted by Gasteiger charge is -2.24. The molecule has 0 fully saturated rings. The van der Waals surface area contributed by atoms with Crippen LogP contribution in [0.2, 0.25) is 10.0 Å². The second-order valence-corrected chi connectivity index (χ2v) is 9.83. The first-order valence-electron chi connectivity index (χ1n) is 9.65. The molecule has 0 saturated carbocycles. The first kappa shape index (κ1) is 25.3. The number of benzene rings is 3. The molecule has 3 aromatic rings. The third kappa shape index (κ3) is 5.77. The fourth-order valence-electron chi connectivity index (χ4n) is 3.10. The van der Waals surface area contributed by atoms with E-state index >= 15 is 0 Å². The number of halogens is 2. The van der Waals surface area contributed by atoms with Crippen LogP contribution < -0.4 is 14.4 Å². The summed E-state index contributed by atoms with van der Waals surface area (Å²) in [6.45, 7) is -0.0422. The summed E-state index contributed by atoms with van der Waals surface area (Å²) in [5, 5.41) is 14.0. The van der Waals surface area contributed by atoms with Crippen LogP contribution in [-0.2, 0) is 16.6 Å². The van der Waals surface area contributed by atoms with Crippen LogP contribution in [0.3, 0.4) is 0 Å². The van der Waals surface area contributed by atoms with E-state index in [2.05, 4.69) is 5.32 Å². The third-order valence-corrected chi connectivity index (χ3v) is 6.72. The number of nitro groups is 1. The van der Waals surface area contributed by atoms with Crippen molar-refractivity contribution in [1.29, 1.82) is 0 Å². The quantitative estimate of drug-likeness (QED) is 0.323. The van der Waals surface area contributed by atoms with Crippen LogP contribution >= 0.6 is 23.2 Å². The van der Waals surface area contributed by atoms with Gasteiger partial charge in [-0.05, 0) is 35.9 Å². The summed E-state index contributed by atoms with van der Waals surface area (Å²) in [7, 11) is -2.32. The topological polar surface area (TPSA) is 119 Å². The second-order valence-electron chi connectivity index (χ2n) is 7.14. The van der Waals surface area contributed by atoms with E-state index in [1.54, 1.807) is 30.3 Å². The van der Waals surface area contributed by atoms with Crippen molar-refractivity contribution in [2.24, 2.45) is 0 Å². The molecule has 0 aromatic heterocycles. The third-order valence-electron chi connectivity index (χ3n) is 4.78. The van der Waals surface area contributed by atoms with E-state index in [9.17, 15) is 23.3 Å². The van der Waals surface area contributed by atoms with Crippen molar-refractivity contribution in [3.05, 3.63) is 92.0 Å². The number of non-ortho nitro benzene ring substituents is 1. The number of hydrogen-bond acceptors (Lipinski definition) is 6. The van der Waals surface area contributed by atoms with Crippen molar-refractivity contribution >= 4 is 56.2 Å². The first-order chi connectivity index (χ1) is 16.0. The molecule has 9 nitrogen and oxygen atoms in total. The fraction of sp³-hybridized carbons (Fsp3) is 0.136. The van der Waals surface area contributed by atoms with Crippen LogP contribution in [-0.4, -0.2) is 32.6 Å². The Morgan fingerprint density at radius 3 is 2.38 bits per heavy atom. The highest BCUT2D eigenvalue weighted by atomic mass is 35.5. The Labute approximate surface area is 206 Å². The van der Waals surface area contributed by atoms with Crippen LogP contribution in [0.4, 0.5) is 17.1 Å². The van der Waals surface area contributed by atoms with Gasteiger partial charge in [0.2, 0.25) is 10.0 Å². The standard InChI is InChI=1S/C22H19Cl2N3O6S/c1-33-20-11-10-16(27(29)30)12-18(20)25-22(28)15-8-6-14(7-9-15)13-26(34(2,31)32)19-5-3-4-17(23)21(19)24/h3-12H,13H2,1-2H3,(H,25,28). The second kappa shape index (κ2) is 10.3. The zero-order chi connectivity index (χ0) is 25.0. The largest absolute Gasteiger partial charge is 0.495 e. The van der Waals surface area contributed by atoms with E-state index in [4.69, 9.17) is 27.9 Å². The van der Waals surface area contributed by atoms with Gasteiger partial charge in [0.15, 0.2) is 0 Å². The van der Waals surface area contributed by atoms with Crippen LogP contribution in [0.1, 0.15) is 15.9 Å². The van der Waals surface area contributed by atoms with Gasteiger partial charge in [-0.2, -0.15) is 0 Å². The lowest BCUT2D eigenvalue weighted by Crippen LogP contribution is -2.29. The van der Waals surface area contributed by atoms with Gasteiger partial charge in [-0.25, -0.2) is 8.42 Å². The normalized spacial score (nSPS) is 11.1. The van der Waals surface area contributed by atoms with Gasteiger partial charge in [0, 0.05) is 17.7 Å². The first-order valence-corrected chi connectivity index (χ1v) is 12.3. The Morgan fingerprint density at radius 2 is 1.79 bits per heavy atom. The molecule has 1 amide bonds. The van der Waals surface area contributed by atoms with Crippen LogP contribution in [0.5, 0.6) is 5.75 Å². The van der Waals surface area contributed by atoms with Crippen molar-refractivity contribution in [3.63, 3.8) is 0 Å². The number of rotatable bonds is 8. The number of nitrogens with one attached hydrogen (secondary N) is 1. The van der Waals surface area contributed by atoms with Crippen molar-refractivity contribution in [2.45, 2.75) is 6.54 Å². The van der Waals surface area contributed by atoms with Crippen LogP contribution in [0, 0.1) is 10.1 Å². The smallest absolute Gasteiger partial charge is 0.271 e. The number of carbonyl (C=O) groups is 1. The predicted molar refractivity (Wildman–Crippen MR) is 132 cm³/mol. The molecule has 0 aliphatic rings. The zero-order valence-electron chi connectivity index (χ0n) is 18.0. The number of carbonyl (C=O) groups excluding carboxylic acids is 1. The van der Waals surface area contributed by atoms with Gasteiger partial charge in [0.25, 0.3) is 11.6 Å². The molecule has 3 rings (SSSR count). The molecule has 0 atom stereocenters. The molecule has 3 aromatic carbocycles. The molecule has 0 bridgehead atoms. The van der Waals surface area contributed by atoms with Gasteiger partial charge < -0.3 is 10.1 Å². The molecule has 12 heteroatoms. The molecular weight excluding hydrogens is 505 g/mol. The van der Waals surface area contributed by atoms with Gasteiger partial charge in [-0.15, -0.1) is 0 Å². The molecule has 0 saturated heterocycles. The van der Waals surface area contributed by atoms with Gasteiger partial charge in [-0.1, -0.05) is 41.4 Å². The Morgan fingerprint density at radius 1 is 1.12 bits per heavy atom. The summed E-state index contributed by atoms with van der Waals surface area (Å²) in [6.07, 6.45) is 1.05. The Kier molecular flexibility index (Phi) is 7.65. The molecule has 0 unspecified atom stereocenters. The lowest BCUT2D eigenvalue weighted by atomic mass is 10.1. The number of anilines is 2. The molecule has 178 valence electrons. The molecule has 0 aliphatic carbocycles. The Balaban J connectivity index is 1.83. The highest BCUT2D eigenvalue weighted by molar-refractivity contribution is 7.92. The van der Waals surface area contributed by atoms with Gasteiger partial charge in [0.05, 0.1) is 46.3 Å². The fourth-order valence-corrected chi connectivity index (χ4v) is 4.44. The van der Waals surface area contributed by atoms with E-state index in [0.29, 0.717) is 5.56 Å². The minimum Gasteiger partial charge on any atom is -0.495 e. The number of nitro benzene ring substituents is 1. The molecule has 0 radical (unpaired) electrons. The van der Waals surface area contributed by atoms with Crippen molar-refractivity contribution < 1.29 is 22.9 Å². The molecule has 34 heavy (non-hydrogen) atoms. The number of nitrogens with zero attached hydrogens (tertiary/aromatic N) is 2. The lowest BCUT2D eigenvalue weighted by molar-refractivity contribution is -0.384. The van der Waals surface area contributed by atoms with E-state index in [-0.39, 0.29) is 45.0 Å². The van der Waals surface area contributed by atoms with E-state index in [1.165, 1.54) is 37.4 Å². The molecule has 1 N–H and O–H groups in total. The summed E-state index contributed by atoms with van der Waals surface area (Å²) in [5.74, 6) is -0.263. The monoisotopic (exact) mass is 523 g/mol. The van der Waals surface area contributed by atoms with Crippen LogP contribution in [0.15, 0.2) is 60.7 Å². The molecule has 0 heterocycles. The number of methoxy groups -OCH3 is 1. The summed E-state index contributed by atoms with van der Waals surface area (Å²) in [5.41, 5.74) is 1.02.